The largest absolute Gasteiger partial charge is 0.481 e. The number of amides is 4. The maximum absolute atomic E-state index is 14.0. The number of fused-ring (bicyclic) bond motifs is 1. The first-order valence-corrected chi connectivity index (χ1v) is 14.0. The summed E-state index contributed by atoms with van der Waals surface area (Å²) in [7, 11) is 1.65. The molecule has 0 saturated carbocycles. The smallest absolute Gasteiger partial charge is 0.303 e. The lowest BCUT2D eigenvalue weighted by atomic mass is 9.85. The summed E-state index contributed by atoms with van der Waals surface area (Å²) in [4.78, 5) is 65.3. The van der Waals surface area contributed by atoms with Crippen molar-refractivity contribution in [2.75, 3.05) is 13.6 Å². The third-order valence-corrected chi connectivity index (χ3v) is 7.73. The average Bonchev–Trinajstić information content (AvgIpc) is 3.33. The number of aryl methyl sites for hydroxylation is 1. The number of likely N-dealkylation sites (N-methyl/N-ethyl adjacent to an activating group) is 1. The number of carboxylic acids is 1. The van der Waals surface area contributed by atoms with Crippen LogP contribution < -0.4 is 21.3 Å². The van der Waals surface area contributed by atoms with Crippen LogP contribution in [0.3, 0.4) is 0 Å². The first-order chi connectivity index (χ1) is 18.8. The summed E-state index contributed by atoms with van der Waals surface area (Å²) in [6, 6.07) is 4.97. The SMILES string of the molecule is CN[C@@H](C)C(=O)NC(C(=O)N1C[C@@H](NC(=O)CCC(=O)O)CC1C(=O)NC1CCCc2ccccc21)C(C)(C)C. The molecule has 11 nitrogen and oxygen atoms in total. The van der Waals surface area contributed by atoms with Gasteiger partial charge in [0.2, 0.25) is 23.6 Å². The van der Waals surface area contributed by atoms with E-state index >= 15 is 0 Å². The zero-order valence-electron chi connectivity index (χ0n) is 24.1. The van der Waals surface area contributed by atoms with Gasteiger partial charge in [0, 0.05) is 19.0 Å². The molecule has 1 aliphatic heterocycles. The van der Waals surface area contributed by atoms with Crippen molar-refractivity contribution in [3.63, 3.8) is 0 Å². The van der Waals surface area contributed by atoms with Gasteiger partial charge in [0.25, 0.3) is 0 Å². The van der Waals surface area contributed by atoms with Gasteiger partial charge >= 0.3 is 5.97 Å². The third-order valence-electron chi connectivity index (χ3n) is 7.73. The predicted octanol–water partition coefficient (Wildman–Crippen LogP) is 1.27. The molecular weight excluding hydrogens is 514 g/mol. The van der Waals surface area contributed by atoms with Crippen LogP contribution >= 0.6 is 0 Å². The highest BCUT2D eigenvalue weighted by Gasteiger charge is 2.45. The van der Waals surface area contributed by atoms with E-state index in [0.29, 0.717) is 0 Å². The van der Waals surface area contributed by atoms with Crippen LogP contribution in [0.25, 0.3) is 0 Å². The number of hydrogen-bond acceptors (Lipinski definition) is 6. The fourth-order valence-corrected chi connectivity index (χ4v) is 5.34. The number of carboxylic acid groups (broad SMARTS) is 1. The number of aliphatic carboxylic acids is 1. The van der Waals surface area contributed by atoms with Gasteiger partial charge in [-0.3, -0.25) is 24.0 Å². The summed E-state index contributed by atoms with van der Waals surface area (Å²) in [5, 5.41) is 20.6. The molecule has 1 saturated heterocycles. The Morgan fingerprint density at radius 3 is 2.42 bits per heavy atom. The van der Waals surface area contributed by atoms with E-state index in [-0.39, 0.29) is 43.7 Å². The standard InChI is InChI=1S/C29H43N5O6/c1-17(30-5)26(38)33-25(29(2,3)4)28(40)34-16-19(31-23(35)13-14-24(36)37)15-22(34)27(39)32-21-12-8-10-18-9-6-7-11-20(18)21/h6-7,9,11,17,19,21-22,25,30H,8,10,12-16H2,1-5H3,(H,31,35)(H,32,39)(H,33,38)(H,36,37)/t17-,19-,21?,22?,25?/m0/s1. The maximum Gasteiger partial charge on any atom is 0.303 e. The molecule has 1 aromatic carbocycles. The van der Waals surface area contributed by atoms with E-state index in [4.69, 9.17) is 5.11 Å². The minimum absolute atomic E-state index is 0.0705. The van der Waals surface area contributed by atoms with Crippen LogP contribution in [0.4, 0.5) is 0 Å². The number of carbonyl (C=O) groups is 5. The van der Waals surface area contributed by atoms with E-state index in [0.717, 1.165) is 24.8 Å². The second kappa shape index (κ2) is 13.3. The van der Waals surface area contributed by atoms with Crippen molar-refractivity contribution in [1.29, 1.82) is 0 Å². The molecule has 1 aliphatic carbocycles. The Morgan fingerprint density at radius 2 is 1.77 bits per heavy atom. The summed E-state index contributed by atoms with van der Waals surface area (Å²) in [6.45, 7) is 7.29. The Labute approximate surface area is 235 Å². The van der Waals surface area contributed by atoms with Crippen LogP contribution in [0, 0.1) is 5.41 Å². The molecule has 0 spiro atoms. The lowest BCUT2D eigenvalue weighted by molar-refractivity contribution is -0.144. The number of rotatable bonds is 10. The average molecular weight is 558 g/mol. The molecule has 5 N–H and O–H groups in total. The second-order valence-corrected chi connectivity index (χ2v) is 11.9. The summed E-state index contributed by atoms with van der Waals surface area (Å²) < 4.78 is 0. The van der Waals surface area contributed by atoms with E-state index in [1.54, 1.807) is 14.0 Å². The molecule has 0 bridgehead atoms. The van der Waals surface area contributed by atoms with Crippen molar-refractivity contribution in [3.05, 3.63) is 35.4 Å². The molecule has 1 heterocycles. The Hall–Kier alpha value is -3.47. The van der Waals surface area contributed by atoms with Crippen molar-refractivity contribution < 1.29 is 29.1 Å². The highest BCUT2D eigenvalue weighted by Crippen LogP contribution is 2.31. The molecule has 4 amide bonds. The number of carbonyl (C=O) groups excluding carboxylic acids is 4. The maximum atomic E-state index is 14.0. The summed E-state index contributed by atoms with van der Waals surface area (Å²) in [5.41, 5.74) is 1.60. The van der Waals surface area contributed by atoms with Gasteiger partial charge in [-0.15, -0.1) is 0 Å². The van der Waals surface area contributed by atoms with Crippen LogP contribution in [-0.4, -0.2) is 77.4 Å². The van der Waals surface area contributed by atoms with Crippen LogP contribution in [0.5, 0.6) is 0 Å². The number of likely N-dealkylation sites (tertiary alicyclic amines) is 1. The first kappa shape index (κ1) is 31.1. The zero-order chi connectivity index (χ0) is 29.6. The quantitative estimate of drug-likeness (QED) is 0.290. The van der Waals surface area contributed by atoms with Gasteiger partial charge in [-0.25, -0.2) is 0 Å². The van der Waals surface area contributed by atoms with Crippen LogP contribution in [0.1, 0.15) is 77.0 Å². The first-order valence-electron chi connectivity index (χ1n) is 14.0. The third kappa shape index (κ3) is 7.80. The monoisotopic (exact) mass is 557 g/mol. The van der Waals surface area contributed by atoms with Gasteiger partial charge in [-0.05, 0) is 56.2 Å². The van der Waals surface area contributed by atoms with Gasteiger partial charge in [0.15, 0.2) is 0 Å². The van der Waals surface area contributed by atoms with E-state index in [9.17, 15) is 24.0 Å². The fourth-order valence-electron chi connectivity index (χ4n) is 5.34. The summed E-state index contributed by atoms with van der Waals surface area (Å²) >= 11 is 0. The second-order valence-electron chi connectivity index (χ2n) is 11.9. The van der Waals surface area contributed by atoms with Gasteiger partial charge in [-0.1, -0.05) is 45.0 Å². The predicted molar refractivity (Wildman–Crippen MR) is 149 cm³/mol. The fraction of sp³-hybridized carbons (Fsp3) is 0.621. The molecule has 3 unspecified atom stereocenters. The van der Waals surface area contributed by atoms with Gasteiger partial charge in [0.1, 0.15) is 12.1 Å². The Bertz CT molecular complexity index is 1120. The van der Waals surface area contributed by atoms with Crippen molar-refractivity contribution in [2.24, 2.45) is 5.41 Å². The molecular formula is C29H43N5O6. The van der Waals surface area contributed by atoms with E-state index < -0.39 is 47.4 Å². The van der Waals surface area contributed by atoms with E-state index in [1.165, 1.54) is 10.5 Å². The number of nitrogens with one attached hydrogen (secondary N) is 4. The van der Waals surface area contributed by atoms with E-state index in [1.807, 2.05) is 39.0 Å². The summed E-state index contributed by atoms with van der Waals surface area (Å²) in [6.07, 6.45) is 2.33. The minimum atomic E-state index is -1.08. The number of nitrogens with zero attached hydrogens (tertiary/aromatic N) is 1. The normalized spacial score (nSPS) is 22.0. The molecule has 0 radical (unpaired) electrons. The Kier molecular flexibility index (Phi) is 10.3. The molecule has 1 fully saturated rings. The topological polar surface area (TPSA) is 157 Å². The van der Waals surface area contributed by atoms with Crippen LogP contribution in [0.2, 0.25) is 0 Å². The highest BCUT2D eigenvalue weighted by molar-refractivity contribution is 5.94. The Balaban J connectivity index is 1.84. The molecule has 1 aromatic rings. The molecule has 0 aromatic heterocycles. The van der Waals surface area contributed by atoms with Gasteiger partial charge in [0.05, 0.1) is 18.5 Å². The highest BCUT2D eigenvalue weighted by atomic mass is 16.4. The van der Waals surface area contributed by atoms with Crippen molar-refractivity contribution >= 4 is 29.6 Å². The molecule has 11 heteroatoms. The Morgan fingerprint density at radius 1 is 1.07 bits per heavy atom. The van der Waals surface area contributed by atoms with Crippen molar-refractivity contribution in [1.82, 2.24) is 26.2 Å². The van der Waals surface area contributed by atoms with Crippen molar-refractivity contribution in [3.8, 4) is 0 Å². The lowest BCUT2D eigenvalue weighted by Gasteiger charge is -2.36. The molecule has 3 rings (SSSR count). The molecule has 2 aliphatic rings. The minimum Gasteiger partial charge on any atom is -0.481 e. The lowest BCUT2D eigenvalue weighted by Crippen LogP contribution is -2.59. The summed E-state index contributed by atoms with van der Waals surface area (Å²) in [5.74, 6) is -2.60. The molecule has 40 heavy (non-hydrogen) atoms. The van der Waals surface area contributed by atoms with Gasteiger partial charge in [-0.2, -0.15) is 0 Å². The molecule has 5 atom stereocenters. The van der Waals surface area contributed by atoms with Crippen molar-refractivity contribution in [2.45, 2.75) is 96.4 Å². The molecule has 220 valence electrons. The van der Waals surface area contributed by atoms with E-state index in [2.05, 4.69) is 27.3 Å². The number of benzene rings is 1. The van der Waals surface area contributed by atoms with Crippen LogP contribution in [-0.2, 0) is 30.4 Å². The van der Waals surface area contributed by atoms with Crippen LogP contribution in [0.15, 0.2) is 24.3 Å². The van der Waals surface area contributed by atoms with Gasteiger partial charge < -0.3 is 31.3 Å². The zero-order valence-corrected chi connectivity index (χ0v) is 24.1. The number of hydrogen-bond donors (Lipinski definition) is 5.